The topological polar surface area (TPSA) is 26.3 Å². The fraction of sp³-hybridized carbons (Fsp3) is 0.625. The van der Waals surface area contributed by atoms with Crippen LogP contribution in [0.4, 0.5) is 0 Å². The predicted octanol–water partition coefficient (Wildman–Crippen LogP) is 1.61. The predicted molar refractivity (Wildman–Crippen MR) is 46.6 cm³/mol. The molecule has 0 saturated carbocycles. The summed E-state index contributed by atoms with van der Waals surface area (Å²) in [6.07, 6.45) is 0.996. The molecule has 1 fully saturated rings. The molecular weight excluding hydrogens is 160 g/mol. The van der Waals surface area contributed by atoms with Gasteiger partial charge in [0.05, 0.1) is 0 Å². The van der Waals surface area contributed by atoms with Gasteiger partial charge in [0.1, 0.15) is 6.10 Å². The van der Waals surface area contributed by atoms with Gasteiger partial charge in [-0.15, -0.1) is 0 Å². The number of ether oxygens (including phenoxy) is 1. The molecule has 1 rings (SSSR count). The average Bonchev–Trinajstić information content (AvgIpc) is 1.95. The standard InChI is InChI=1S/C8H12O2S/c1-6-5-11-4-3-7(2)10-8(6)9/h7H,1,3-5H2,2H3. The first-order chi connectivity index (χ1) is 5.20. The molecule has 11 heavy (non-hydrogen) atoms. The highest BCUT2D eigenvalue weighted by molar-refractivity contribution is 7.99. The van der Waals surface area contributed by atoms with Gasteiger partial charge in [-0.1, -0.05) is 6.58 Å². The summed E-state index contributed by atoms with van der Waals surface area (Å²) in [7, 11) is 0. The van der Waals surface area contributed by atoms with Gasteiger partial charge in [0.2, 0.25) is 0 Å². The number of hydrogen-bond donors (Lipinski definition) is 0. The highest BCUT2D eigenvalue weighted by atomic mass is 32.2. The molecule has 62 valence electrons. The van der Waals surface area contributed by atoms with Crippen molar-refractivity contribution in [3.05, 3.63) is 12.2 Å². The zero-order valence-electron chi connectivity index (χ0n) is 6.63. The molecule has 1 unspecified atom stereocenters. The minimum absolute atomic E-state index is 0.0482. The molecule has 0 aromatic carbocycles. The fourth-order valence-corrected chi connectivity index (χ4v) is 1.84. The van der Waals surface area contributed by atoms with E-state index >= 15 is 0 Å². The molecule has 1 atom stereocenters. The fourth-order valence-electron chi connectivity index (χ4n) is 0.829. The lowest BCUT2D eigenvalue weighted by atomic mass is 10.3. The summed E-state index contributed by atoms with van der Waals surface area (Å²) >= 11 is 1.74. The Kier molecular flexibility index (Phi) is 3.00. The van der Waals surface area contributed by atoms with Crippen LogP contribution in [0.2, 0.25) is 0 Å². The molecule has 0 N–H and O–H groups in total. The van der Waals surface area contributed by atoms with Crippen molar-refractivity contribution in [2.24, 2.45) is 0 Å². The van der Waals surface area contributed by atoms with E-state index in [1.165, 1.54) is 0 Å². The smallest absolute Gasteiger partial charge is 0.334 e. The maximum Gasteiger partial charge on any atom is 0.334 e. The van der Waals surface area contributed by atoms with Crippen LogP contribution in [0.1, 0.15) is 13.3 Å². The van der Waals surface area contributed by atoms with Crippen LogP contribution in [0, 0.1) is 0 Å². The first kappa shape index (κ1) is 8.65. The first-order valence-corrected chi connectivity index (χ1v) is 4.82. The Balaban J connectivity index is 2.51. The normalized spacial score (nSPS) is 27.2. The monoisotopic (exact) mass is 172 g/mol. The van der Waals surface area contributed by atoms with E-state index in [0.29, 0.717) is 11.3 Å². The van der Waals surface area contributed by atoms with Crippen molar-refractivity contribution in [3.8, 4) is 0 Å². The highest BCUT2D eigenvalue weighted by Gasteiger charge is 2.15. The summed E-state index contributed by atoms with van der Waals surface area (Å²) < 4.78 is 5.05. The Morgan fingerprint density at radius 2 is 2.45 bits per heavy atom. The first-order valence-electron chi connectivity index (χ1n) is 3.66. The summed E-state index contributed by atoms with van der Waals surface area (Å²) in [4.78, 5) is 11.0. The Morgan fingerprint density at radius 3 is 3.18 bits per heavy atom. The second-order valence-electron chi connectivity index (χ2n) is 2.66. The SMILES string of the molecule is C=C1CSCCC(C)OC1=O. The summed E-state index contributed by atoms with van der Waals surface area (Å²) in [6.45, 7) is 5.55. The summed E-state index contributed by atoms with van der Waals surface area (Å²) in [5.41, 5.74) is 0.585. The van der Waals surface area contributed by atoms with Gasteiger partial charge in [0.15, 0.2) is 0 Å². The van der Waals surface area contributed by atoms with Crippen molar-refractivity contribution in [1.29, 1.82) is 0 Å². The lowest BCUT2D eigenvalue weighted by Crippen LogP contribution is -2.20. The molecule has 0 aliphatic carbocycles. The van der Waals surface area contributed by atoms with E-state index < -0.39 is 0 Å². The van der Waals surface area contributed by atoms with E-state index in [2.05, 4.69) is 6.58 Å². The maximum absolute atomic E-state index is 11.0. The van der Waals surface area contributed by atoms with Crippen LogP contribution in [0.25, 0.3) is 0 Å². The number of carbonyl (C=O) groups is 1. The Hall–Kier alpha value is -0.440. The molecule has 0 aromatic rings. The average molecular weight is 172 g/mol. The van der Waals surface area contributed by atoms with Crippen LogP contribution in [-0.4, -0.2) is 23.6 Å². The minimum Gasteiger partial charge on any atom is -0.459 e. The Bertz CT molecular complexity index is 177. The van der Waals surface area contributed by atoms with E-state index in [0.717, 1.165) is 12.2 Å². The number of hydrogen-bond acceptors (Lipinski definition) is 3. The third-order valence-electron chi connectivity index (χ3n) is 1.54. The summed E-state index contributed by atoms with van der Waals surface area (Å²) in [5, 5.41) is 0. The van der Waals surface area contributed by atoms with Gasteiger partial charge in [0, 0.05) is 11.3 Å². The van der Waals surface area contributed by atoms with Crippen molar-refractivity contribution in [2.75, 3.05) is 11.5 Å². The van der Waals surface area contributed by atoms with Crippen molar-refractivity contribution in [1.82, 2.24) is 0 Å². The summed E-state index contributed by atoms with van der Waals surface area (Å²) in [6, 6.07) is 0. The van der Waals surface area contributed by atoms with Crippen molar-refractivity contribution in [2.45, 2.75) is 19.4 Å². The quantitative estimate of drug-likeness (QED) is 0.410. The van der Waals surface area contributed by atoms with E-state index in [9.17, 15) is 4.79 Å². The number of cyclic esters (lactones) is 1. The van der Waals surface area contributed by atoms with Crippen molar-refractivity contribution >= 4 is 17.7 Å². The van der Waals surface area contributed by atoms with E-state index in [1.807, 2.05) is 6.92 Å². The Labute approximate surface area is 71.0 Å². The van der Waals surface area contributed by atoms with Crippen molar-refractivity contribution < 1.29 is 9.53 Å². The van der Waals surface area contributed by atoms with E-state index in [-0.39, 0.29) is 12.1 Å². The van der Waals surface area contributed by atoms with E-state index in [1.54, 1.807) is 11.8 Å². The van der Waals surface area contributed by atoms with Crippen LogP contribution in [0.5, 0.6) is 0 Å². The van der Waals surface area contributed by atoms with Crippen LogP contribution in [0.15, 0.2) is 12.2 Å². The van der Waals surface area contributed by atoms with E-state index in [4.69, 9.17) is 4.74 Å². The number of esters is 1. The maximum atomic E-state index is 11.0. The number of carbonyl (C=O) groups excluding carboxylic acids is 1. The van der Waals surface area contributed by atoms with Crippen LogP contribution in [-0.2, 0) is 9.53 Å². The Morgan fingerprint density at radius 1 is 1.73 bits per heavy atom. The molecule has 0 bridgehead atoms. The molecule has 2 nitrogen and oxygen atoms in total. The van der Waals surface area contributed by atoms with Crippen LogP contribution >= 0.6 is 11.8 Å². The molecule has 0 radical (unpaired) electrons. The van der Waals surface area contributed by atoms with Gasteiger partial charge in [-0.2, -0.15) is 11.8 Å². The molecule has 3 heteroatoms. The van der Waals surface area contributed by atoms with Crippen LogP contribution in [0.3, 0.4) is 0 Å². The van der Waals surface area contributed by atoms with Gasteiger partial charge in [-0.3, -0.25) is 0 Å². The molecule has 0 spiro atoms. The number of rotatable bonds is 0. The summed E-state index contributed by atoms with van der Waals surface area (Å²) in [5.74, 6) is 1.53. The van der Waals surface area contributed by atoms with Gasteiger partial charge < -0.3 is 4.74 Å². The number of thioether (sulfide) groups is 1. The zero-order valence-corrected chi connectivity index (χ0v) is 7.45. The largest absolute Gasteiger partial charge is 0.459 e. The second-order valence-corrected chi connectivity index (χ2v) is 3.77. The minimum atomic E-state index is -0.232. The highest BCUT2D eigenvalue weighted by Crippen LogP contribution is 2.16. The molecule has 1 heterocycles. The molecule has 1 aliphatic rings. The van der Waals surface area contributed by atoms with Gasteiger partial charge >= 0.3 is 5.97 Å². The zero-order chi connectivity index (χ0) is 8.27. The molecule has 0 aromatic heterocycles. The van der Waals surface area contributed by atoms with Crippen LogP contribution < -0.4 is 0 Å². The molecule has 0 amide bonds. The molecule has 1 saturated heterocycles. The second kappa shape index (κ2) is 3.81. The van der Waals surface area contributed by atoms with Gasteiger partial charge in [-0.25, -0.2) is 4.79 Å². The lowest BCUT2D eigenvalue weighted by molar-refractivity contribution is -0.143. The lowest BCUT2D eigenvalue weighted by Gasteiger charge is -2.16. The molecular formula is C8H12O2S. The third kappa shape index (κ3) is 2.58. The third-order valence-corrected chi connectivity index (χ3v) is 2.62. The van der Waals surface area contributed by atoms with Crippen molar-refractivity contribution in [3.63, 3.8) is 0 Å². The van der Waals surface area contributed by atoms with Gasteiger partial charge in [0.25, 0.3) is 0 Å². The molecule has 1 aliphatic heterocycles. The van der Waals surface area contributed by atoms with Gasteiger partial charge in [-0.05, 0) is 19.1 Å².